The molecule has 0 aliphatic rings. The lowest BCUT2D eigenvalue weighted by atomic mass is 10.2. The predicted molar refractivity (Wildman–Crippen MR) is 109 cm³/mol. The van der Waals surface area contributed by atoms with E-state index in [2.05, 4.69) is 10.3 Å². The maximum atomic E-state index is 12.5. The average molecular weight is 394 g/mol. The van der Waals surface area contributed by atoms with Crippen LogP contribution >= 0.6 is 0 Å². The van der Waals surface area contributed by atoms with Crippen LogP contribution in [0.15, 0.2) is 64.2 Å². The number of carbonyl (C=O) groups excluding carboxylic acids is 2. The van der Waals surface area contributed by atoms with E-state index in [1.807, 2.05) is 37.3 Å². The quantitative estimate of drug-likeness (QED) is 0.620. The maximum absolute atomic E-state index is 12.5. The highest BCUT2D eigenvalue weighted by Gasteiger charge is 2.15. The lowest BCUT2D eigenvalue weighted by Gasteiger charge is -2.21. The van der Waals surface area contributed by atoms with Crippen LogP contribution in [0.4, 0.5) is 0 Å². The second-order valence-electron chi connectivity index (χ2n) is 6.54. The molecule has 8 heteroatoms. The zero-order valence-electron chi connectivity index (χ0n) is 16.1. The number of para-hydroxylation sites is 1. The highest BCUT2D eigenvalue weighted by Crippen LogP contribution is 2.04. The van der Waals surface area contributed by atoms with Crippen molar-refractivity contribution in [3.05, 3.63) is 81.0 Å². The first-order valence-corrected chi connectivity index (χ1v) is 9.30. The van der Waals surface area contributed by atoms with Gasteiger partial charge in [0.25, 0.3) is 5.56 Å². The smallest absolute Gasteiger partial charge is 0.329 e. The third kappa shape index (κ3) is 4.78. The number of nitrogens with zero attached hydrogens (tertiary/aromatic N) is 2. The van der Waals surface area contributed by atoms with E-state index < -0.39 is 23.7 Å². The maximum Gasteiger partial charge on any atom is 0.329 e. The summed E-state index contributed by atoms with van der Waals surface area (Å²) in [7, 11) is 0. The van der Waals surface area contributed by atoms with Crippen LogP contribution in [-0.4, -0.2) is 39.4 Å². The molecule has 0 spiro atoms. The third-order valence-corrected chi connectivity index (χ3v) is 4.58. The van der Waals surface area contributed by atoms with E-state index >= 15 is 0 Å². The zero-order chi connectivity index (χ0) is 20.8. The molecule has 1 aromatic heterocycles. The van der Waals surface area contributed by atoms with Crippen molar-refractivity contribution in [1.82, 2.24) is 19.8 Å². The van der Waals surface area contributed by atoms with E-state index in [-0.39, 0.29) is 12.5 Å². The van der Waals surface area contributed by atoms with Crippen molar-refractivity contribution in [3.63, 3.8) is 0 Å². The van der Waals surface area contributed by atoms with Crippen molar-refractivity contribution >= 4 is 22.7 Å². The molecule has 0 radical (unpaired) electrons. The van der Waals surface area contributed by atoms with Gasteiger partial charge >= 0.3 is 5.69 Å². The third-order valence-electron chi connectivity index (χ3n) is 4.58. The molecule has 0 atom stereocenters. The number of fused-ring (bicyclic) bond motifs is 1. The number of aromatic amines is 1. The first-order valence-electron chi connectivity index (χ1n) is 9.30. The Hall–Kier alpha value is -3.68. The molecule has 0 fully saturated rings. The number of hydrogen-bond acceptors (Lipinski definition) is 4. The summed E-state index contributed by atoms with van der Waals surface area (Å²) in [6, 6.07) is 16.1. The van der Waals surface area contributed by atoms with Crippen molar-refractivity contribution in [2.45, 2.75) is 20.0 Å². The number of benzene rings is 2. The molecular weight excluding hydrogens is 372 g/mol. The second-order valence-corrected chi connectivity index (χ2v) is 6.54. The molecule has 1 heterocycles. The van der Waals surface area contributed by atoms with Crippen LogP contribution < -0.4 is 16.6 Å². The SMILES string of the molecule is CCN(Cc1ccccc1)C(=O)CNC(=O)Cn1c(=O)[nH]c2ccccc2c1=O. The molecule has 2 amide bonds. The fourth-order valence-electron chi connectivity index (χ4n) is 3.01. The molecule has 3 rings (SSSR count). The Balaban J connectivity index is 1.64. The summed E-state index contributed by atoms with van der Waals surface area (Å²) >= 11 is 0. The van der Waals surface area contributed by atoms with Crippen LogP contribution in [0.2, 0.25) is 0 Å². The lowest BCUT2D eigenvalue weighted by molar-refractivity contribution is -0.133. The molecule has 0 aliphatic carbocycles. The minimum atomic E-state index is -0.672. The van der Waals surface area contributed by atoms with Crippen molar-refractivity contribution in [3.8, 4) is 0 Å². The first-order chi connectivity index (χ1) is 14.0. The summed E-state index contributed by atoms with van der Waals surface area (Å²) in [4.78, 5) is 53.4. The summed E-state index contributed by atoms with van der Waals surface area (Å²) < 4.78 is 0.823. The van der Waals surface area contributed by atoms with Gasteiger partial charge in [-0.2, -0.15) is 0 Å². The van der Waals surface area contributed by atoms with Crippen LogP contribution in [-0.2, 0) is 22.7 Å². The molecule has 0 saturated carbocycles. The molecule has 3 aromatic rings. The van der Waals surface area contributed by atoms with E-state index in [1.165, 1.54) is 0 Å². The number of hydrogen-bond donors (Lipinski definition) is 2. The van der Waals surface area contributed by atoms with E-state index in [9.17, 15) is 19.2 Å². The number of amides is 2. The summed E-state index contributed by atoms with van der Waals surface area (Å²) in [5.74, 6) is -0.832. The Kier molecular flexibility index (Phi) is 6.23. The van der Waals surface area contributed by atoms with Gasteiger partial charge in [-0.3, -0.25) is 19.0 Å². The first kappa shape index (κ1) is 20.1. The number of aromatic nitrogens is 2. The summed E-state index contributed by atoms with van der Waals surface area (Å²) in [6.45, 7) is 2.12. The van der Waals surface area contributed by atoms with E-state index in [4.69, 9.17) is 0 Å². The van der Waals surface area contributed by atoms with Crippen LogP contribution in [0.3, 0.4) is 0 Å². The Morgan fingerprint density at radius 1 is 1.03 bits per heavy atom. The van der Waals surface area contributed by atoms with Gasteiger partial charge in [0.2, 0.25) is 11.8 Å². The molecule has 29 heavy (non-hydrogen) atoms. The molecule has 0 saturated heterocycles. The zero-order valence-corrected chi connectivity index (χ0v) is 16.1. The molecule has 8 nitrogen and oxygen atoms in total. The highest BCUT2D eigenvalue weighted by molar-refractivity contribution is 5.85. The Bertz CT molecular complexity index is 1130. The molecule has 2 N–H and O–H groups in total. The Morgan fingerprint density at radius 2 is 1.72 bits per heavy atom. The molecule has 150 valence electrons. The van der Waals surface area contributed by atoms with Crippen LogP contribution in [0.1, 0.15) is 12.5 Å². The number of nitrogens with one attached hydrogen (secondary N) is 2. The van der Waals surface area contributed by atoms with Crippen LogP contribution in [0.25, 0.3) is 10.9 Å². The van der Waals surface area contributed by atoms with Gasteiger partial charge < -0.3 is 15.2 Å². The largest absolute Gasteiger partial charge is 0.345 e. The van der Waals surface area contributed by atoms with Gasteiger partial charge in [-0.05, 0) is 24.6 Å². The molecule has 2 aromatic carbocycles. The predicted octanol–water partition coefficient (Wildman–Crippen LogP) is 0.855. The molecule has 0 bridgehead atoms. The molecular formula is C21H22N4O4. The normalized spacial score (nSPS) is 10.7. The fourth-order valence-corrected chi connectivity index (χ4v) is 3.01. The summed E-state index contributed by atoms with van der Waals surface area (Å²) in [6.07, 6.45) is 0. The minimum Gasteiger partial charge on any atom is -0.345 e. The Morgan fingerprint density at radius 3 is 2.45 bits per heavy atom. The fraction of sp³-hybridized carbons (Fsp3) is 0.238. The van der Waals surface area contributed by atoms with Crippen molar-refractivity contribution in [2.75, 3.05) is 13.1 Å². The van der Waals surface area contributed by atoms with Crippen molar-refractivity contribution in [1.29, 1.82) is 0 Å². The topological polar surface area (TPSA) is 104 Å². The second kappa shape index (κ2) is 9.01. The lowest BCUT2D eigenvalue weighted by Crippen LogP contribution is -2.44. The van der Waals surface area contributed by atoms with Gasteiger partial charge in [0.15, 0.2) is 0 Å². The van der Waals surface area contributed by atoms with Crippen molar-refractivity contribution in [2.24, 2.45) is 0 Å². The van der Waals surface area contributed by atoms with Crippen LogP contribution in [0, 0.1) is 0 Å². The number of carbonyl (C=O) groups is 2. The van der Waals surface area contributed by atoms with Gasteiger partial charge in [0.1, 0.15) is 6.54 Å². The number of H-pyrrole nitrogens is 1. The molecule has 0 unspecified atom stereocenters. The van der Waals surface area contributed by atoms with E-state index in [0.29, 0.717) is 24.0 Å². The van der Waals surface area contributed by atoms with E-state index in [0.717, 1.165) is 10.1 Å². The number of likely N-dealkylation sites (N-methyl/N-ethyl adjacent to an activating group) is 1. The number of rotatable bonds is 7. The minimum absolute atomic E-state index is 0.209. The monoisotopic (exact) mass is 394 g/mol. The van der Waals surface area contributed by atoms with Crippen LogP contribution in [0.5, 0.6) is 0 Å². The van der Waals surface area contributed by atoms with Crippen molar-refractivity contribution < 1.29 is 9.59 Å². The van der Waals surface area contributed by atoms with Gasteiger partial charge in [0.05, 0.1) is 17.4 Å². The Labute approximate surface area is 166 Å². The van der Waals surface area contributed by atoms with Gasteiger partial charge in [-0.25, -0.2) is 4.79 Å². The standard InChI is InChI=1S/C21H22N4O4/c1-2-24(13-15-8-4-3-5-9-15)19(27)12-22-18(26)14-25-20(28)16-10-6-7-11-17(16)23-21(25)29/h3-11H,2,12-14H2,1H3,(H,22,26)(H,23,29). The summed E-state index contributed by atoms with van der Waals surface area (Å²) in [5, 5.41) is 2.81. The van der Waals surface area contributed by atoms with Gasteiger partial charge in [-0.15, -0.1) is 0 Å². The summed E-state index contributed by atoms with van der Waals surface area (Å²) in [5.41, 5.74) is 0.177. The van der Waals surface area contributed by atoms with Gasteiger partial charge in [-0.1, -0.05) is 42.5 Å². The average Bonchev–Trinajstić information content (AvgIpc) is 2.74. The highest BCUT2D eigenvalue weighted by atomic mass is 16.2. The van der Waals surface area contributed by atoms with E-state index in [1.54, 1.807) is 29.2 Å². The molecule has 0 aliphatic heterocycles. The van der Waals surface area contributed by atoms with Gasteiger partial charge in [0, 0.05) is 13.1 Å².